The summed E-state index contributed by atoms with van der Waals surface area (Å²) in [5.41, 5.74) is 0.665. The van der Waals surface area contributed by atoms with Crippen molar-refractivity contribution in [2.24, 2.45) is 5.92 Å². The lowest BCUT2D eigenvalue weighted by Gasteiger charge is -2.32. The first kappa shape index (κ1) is 13.6. The second-order valence-electron chi connectivity index (χ2n) is 5.15. The Kier molecular flexibility index (Phi) is 4.56. The first-order chi connectivity index (χ1) is 9.19. The highest BCUT2D eigenvalue weighted by Gasteiger charge is 2.24. The zero-order valence-electron chi connectivity index (χ0n) is 11.3. The molecular formula is C14H19N3O2. The number of hydrogen-bond acceptors (Lipinski definition) is 4. The number of rotatable bonds is 6. The van der Waals surface area contributed by atoms with Gasteiger partial charge in [0.2, 0.25) is 5.91 Å². The molecule has 0 bridgehead atoms. The van der Waals surface area contributed by atoms with Gasteiger partial charge >= 0.3 is 0 Å². The normalized spacial score (nSPS) is 14.7. The van der Waals surface area contributed by atoms with Gasteiger partial charge in [-0.15, -0.1) is 0 Å². The Balaban J connectivity index is 1.91. The van der Waals surface area contributed by atoms with Crippen molar-refractivity contribution in [1.82, 2.24) is 10.1 Å². The molecule has 0 unspecified atom stereocenters. The first-order valence-corrected chi connectivity index (χ1v) is 6.76. The van der Waals surface area contributed by atoms with Crippen molar-refractivity contribution in [1.29, 1.82) is 5.26 Å². The fraction of sp³-hybridized carbons (Fsp3) is 0.643. The number of nitrogens with zero attached hydrogens (tertiary/aromatic N) is 3. The number of amides is 1. The number of hydrogen-bond donors (Lipinski definition) is 0. The lowest BCUT2D eigenvalue weighted by atomic mass is 9.85. The summed E-state index contributed by atoms with van der Waals surface area (Å²) in [6.45, 7) is 3.10. The monoisotopic (exact) mass is 261 g/mol. The van der Waals surface area contributed by atoms with E-state index >= 15 is 0 Å². The third kappa shape index (κ3) is 3.82. The molecule has 0 atom stereocenters. The molecule has 5 nitrogen and oxygen atoms in total. The molecule has 0 aliphatic heterocycles. The summed E-state index contributed by atoms with van der Waals surface area (Å²) < 4.78 is 4.97. The maximum atomic E-state index is 12.2. The summed E-state index contributed by atoms with van der Waals surface area (Å²) in [5, 5.41) is 12.5. The van der Waals surface area contributed by atoms with Gasteiger partial charge in [0, 0.05) is 19.2 Å². The van der Waals surface area contributed by atoms with E-state index < -0.39 is 0 Å². The molecule has 0 radical (unpaired) electrons. The van der Waals surface area contributed by atoms with Gasteiger partial charge in [-0.05, 0) is 25.7 Å². The Morgan fingerprint density at radius 2 is 2.42 bits per heavy atom. The van der Waals surface area contributed by atoms with Crippen LogP contribution >= 0.6 is 0 Å². The number of aromatic nitrogens is 1. The Morgan fingerprint density at radius 3 is 2.95 bits per heavy atom. The van der Waals surface area contributed by atoms with Crippen LogP contribution in [0.2, 0.25) is 0 Å². The summed E-state index contributed by atoms with van der Waals surface area (Å²) in [7, 11) is 0. The minimum atomic E-state index is 0.0375. The molecule has 1 aliphatic carbocycles. The highest BCUT2D eigenvalue weighted by atomic mass is 16.5. The molecular weight excluding hydrogens is 242 g/mol. The van der Waals surface area contributed by atoms with Crippen LogP contribution in [-0.4, -0.2) is 29.1 Å². The summed E-state index contributed by atoms with van der Waals surface area (Å²) in [5.74, 6) is 1.36. The average Bonchev–Trinajstić information content (AvgIpc) is 2.72. The molecule has 19 heavy (non-hydrogen) atoms. The largest absolute Gasteiger partial charge is 0.361 e. The van der Waals surface area contributed by atoms with Crippen LogP contribution in [0.25, 0.3) is 0 Å². The molecule has 1 fully saturated rings. The molecule has 1 heterocycles. The van der Waals surface area contributed by atoms with Crippen molar-refractivity contribution in [2.75, 3.05) is 13.1 Å². The van der Waals surface area contributed by atoms with Gasteiger partial charge in [-0.2, -0.15) is 5.26 Å². The third-order valence-electron chi connectivity index (χ3n) is 3.56. The van der Waals surface area contributed by atoms with Crippen molar-refractivity contribution in [3.8, 4) is 6.07 Å². The van der Waals surface area contributed by atoms with E-state index in [1.807, 2.05) is 6.92 Å². The highest BCUT2D eigenvalue weighted by Crippen LogP contribution is 2.27. The van der Waals surface area contributed by atoms with E-state index in [2.05, 4.69) is 11.2 Å². The van der Waals surface area contributed by atoms with Crippen LogP contribution < -0.4 is 0 Å². The van der Waals surface area contributed by atoms with E-state index in [1.54, 1.807) is 11.0 Å². The Morgan fingerprint density at radius 1 is 1.63 bits per heavy atom. The molecule has 1 aromatic heterocycles. The van der Waals surface area contributed by atoms with E-state index in [0.717, 1.165) is 6.54 Å². The lowest BCUT2D eigenvalue weighted by Crippen LogP contribution is -2.38. The molecule has 0 aromatic carbocycles. The summed E-state index contributed by atoms with van der Waals surface area (Å²) in [6, 6.07) is 3.88. The summed E-state index contributed by atoms with van der Waals surface area (Å²) in [4.78, 5) is 14.0. The fourth-order valence-electron chi connectivity index (χ4n) is 2.26. The van der Waals surface area contributed by atoms with Crippen LogP contribution in [0.5, 0.6) is 0 Å². The van der Waals surface area contributed by atoms with Crippen molar-refractivity contribution in [3.63, 3.8) is 0 Å². The maximum absolute atomic E-state index is 12.2. The number of carbonyl (C=O) groups excluding carboxylic acids is 1. The highest BCUT2D eigenvalue weighted by molar-refractivity contribution is 5.78. The van der Waals surface area contributed by atoms with Crippen LogP contribution in [0, 0.1) is 24.2 Å². The Labute approximate surface area is 113 Å². The number of carbonyl (C=O) groups is 1. The SMILES string of the molecule is Cc1cc(CC(=O)N(CCC#N)CC2CCC2)no1. The van der Waals surface area contributed by atoms with Gasteiger partial charge in [0.05, 0.1) is 24.6 Å². The molecule has 0 saturated heterocycles. The standard InChI is InChI=1S/C14H19N3O2/c1-11-8-13(16-19-11)9-14(18)17(7-3-6-15)10-12-4-2-5-12/h8,12H,2-5,7,9-10H2,1H3. The van der Waals surface area contributed by atoms with Gasteiger partial charge < -0.3 is 9.42 Å². The molecule has 2 rings (SSSR count). The molecule has 0 N–H and O–H groups in total. The van der Waals surface area contributed by atoms with E-state index in [0.29, 0.717) is 30.3 Å². The van der Waals surface area contributed by atoms with Crippen molar-refractivity contribution in [3.05, 3.63) is 17.5 Å². The van der Waals surface area contributed by atoms with E-state index in [-0.39, 0.29) is 12.3 Å². The minimum Gasteiger partial charge on any atom is -0.361 e. The smallest absolute Gasteiger partial charge is 0.228 e. The van der Waals surface area contributed by atoms with Crippen LogP contribution in [0.15, 0.2) is 10.6 Å². The van der Waals surface area contributed by atoms with E-state index in [1.165, 1.54) is 19.3 Å². The Bertz CT molecular complexity index is 471. The molecule has 1 amide bonds. The van der Waals surface area contributed by atoms with E-state index in [4.69, 9.17) is 9.78 Å². The van der Waals surface area contributed by atoms with Crippen molar-refractivity contribution < 1.29 is 9.32 Å². The molecule has 1 aliphatic rings. The van der Waals surface area contributed by atoms with Gasteiger partial charge in [-0.3, -0.25) is 4.79 Å². The molecule has 5 heteroatoms. The molecule has 1 saturated carbocycles. The second kappa shape index (κ2) is 6.37. The quantitative estimate of drug-likeness (QED) is 0.786. The predicted molar refractivity (Wildman–Crippen MR) is 69.1 cm³/mol. The summed E-state index contributed by atoms with van der Waals surface area (Å²) >= 11 is 0. The van der Waals surface area contributed by atoms with Gasteiger partial charge in [-0.25, -0.2) is 0 Å². The zero-order chi connectivity index (χ0) is 13.7. The topological polar surface area (TPSA) is 70.1 Å². The van der Waals surface area contributed by atoms with E-state index in [9.17, 15) is 4.79 Å². The molecule has 0 spiro atoms. The Hall–Kier alpha value is -1.83. The van der Waals surface area contributed by atoms with Gasteiger partial charge in [0.25, 0.3) is 0 Å². The number of nitriles is 1. The van der Waals surface area contributed by atoms with Crippen LogP contribution in [0.1, 0.15) is 37.1 Å². The molecule has 102 valence electrons. The number of aryl methyl sites for hydroxylation is 1. The maximum Gasteiger partial charge on any atom is 0.228 e. The second-order valence-corrected chi connectivity index (χ2v) is 5.15. The third-order valence-corrected chi connectivity index (χ3v) is 3.56. The minimum absolute atomic E-state index is 0.0375. The predicted octanol–water partition coefficient (Wildman–Crippen LogP) is 2.07. The zero-order valence-corrected chi connectivity index (χ0v) is 11.3. The van der Waals surface area contributed by atoms with Crippen LogP contribution in [-0.2, 0) is 11.2 Å². The summed E-state index contributed by atoms with van der Waals surface area (Å²) in [6.07, 6.45) is 4.29. The van der Waals surface area contributed by atoms with Gasteiger partial charge in [-0.1, -0.05) is 11.6 Å². The van der Waals surface area contributed by atoms with Crippen molar-refractivity contribution >= 4 is 5.91 Å². The lowest BCUT2D eigenvalue weighted by molar-refractivity contribution is -0.131. The van der Waals surface area contributed by atoms with Crippen LogP contribution in [0.4, 0.5) is 0 Å². The van der Waals surface area contributed by atoms with Crippen LogP contribution in [0.3, 0.4) is 0 Å². The first-order valence-electron chi connectivity index (χ1n) is 6.76. The molecule has 1 aromatic rings. The fourth-order valence-corrected chi connectivity index (χ4v) is 2.26. The van der Waals surface area contributed by atoms with Crippen molar-refractivity contribution in [2.45, 2.75) is 39.0 Å². The van der Waals surface area contributed by atoms with Gasteiger partial charge in [0.1, 0.15) is 5.76 Å². The van der Waals surface area contributed by atoms with Gasteiger partial charge in [0.15, 0.2) is 0 Å². The average molecular weight is 261 g/mol.